The number of aromatic nitrogens is 3. The molecule has 0 aliphatic rings. The van der Waals surface area contributed by atoms with Crippen LogP contribution in [0.4, 0.5) is 0 Å². The Morgan fingerprint density at radius 2 is 0.941 bits per heavy atom. The van der Waals surface area contributed by atoms with E-state index in [1.165, 1.54) is 37.9 Å². The lowest BCUT2D eigenvalue weighted by atomic mass is 9.89. The quantitative estimate of drug-likeness (QED) is 0.137. The molecule has 0 fully saturated rings. The molecule has 10 aromatic rings. The molecule has 0 radical (unpaired) electrons. The summed E-state index contributed by atoms with van der Waals surface area (Å²) in [5.41, 5.74) is 7.19. The third-order valence-electron chi connectivity index (χ3n) is 9.71. The molecular formula is C47H29N3O. The van der Waals surface area contributed by atoms with Crippen LogP contribution in [-0.4, -0.2) is 15.0 Å². The lowest BCUT2D eigenvalue weighted by molar-refractivity contribution is 0.625. The minimum atomic E-state index is 0.493. The predicted octanol–water partition coefficient (Wildman–Crippen LogP) is 12.4. The average Bonchev–Trinajstić information content (AvgIpc) is 3.65. The van der Waals surface area contributed by atoms with Crippen molar-refractivity contribution in [2.24, 2.45) is 0 Å². The fourth-order valence-corrected chi connectivity index (χ4v) is 7.22. The first kappa shape index (κ1) is 29.0. The van der Waals surface area contributed by atoms with Crippen LogP contribution < -0.4 is 0 Å². The molecule has 0 unspecified atom stereocenters. The fourth-order valence-electron chi connectivity index (χ4n) is 7.22. The van der Waals surface area contributed by atoms with Gasteiger partial charge in [-0.05, 0) is 78.8 Å². The zero-order valence-corrected chi connectivity index (χ0v) is 27.5. The summed E-state index contributed by atoms with van der Waals surface area (Å²) in [6, 6.07) is 61.3. The second kappa shape index (κ2) is 11.9. The third-order valence-corrected chi connectivity index (χ3v) is 9.71. The van der Waals surface area contributed by atoms with Crippen LogP contribution in [0.5, 0.6) is 0 Å². The molecule has 0 aliphatic heterocycles. The smallest absolute Gasteiger partial charge is 0.199 e. The van der Waals surface area contributed by atoms with Gasteiger partial charge in [0.15, 0.2) is 23.2 Å². The maximum atomic E-state index is 6.27. The third kappa shape index (κ3) is 5.13. The number of rotatable bonds is 5. The Morgan fingerprint density at radius 3 is 1.76 bits per heavy atom. The van der Waals surface area contributed by atoms with Crippen molar-refractivity contribution in [2.45, 2.75) is 0 Å². The molecule has 8 aromatic carbocycles. The predicted molar refractivity (Wildman–Crippen MR) is 209 cm³/mol. The van der Waals surface area contributed by atoms with Crippen molar-refractivity contribution in [3.63, 3.8) is 0 Å². The summed E-state index contributed by atoms with van der Waals surface area (Å²) >= 11 is 0. The highest BCUT2D eigenvalue weighted by Crippen LogP contribution is 2.40. The molecule has 4 nitrogen and oxygen atoms in total. The Hall–Kier alpha value is -6.91. The topological polar surface area (TPSA) is 51.8 Å². The van der Waals surface area contributed by atoms with Crippen LogP contribution in [0.3, 0.4) is 0 Å². The molecule has 0 N–H and O–H groups in total. The van der Waals surface area contributed by atoms with E-state index in [1.54, 1.807) is 0 Å². The summed E-state index contributed by atoms with van der Waals surface area (Å²) in [6.45, 7) is 0. The van der Waals surface area contributed by atoms with Gasteiger partial charge in [-0.25, -0.2) is 15.0 Å². The highest BCUT2D eigenvalue weighted by atomic mass is 16.3. The van der Waals surface area contributed by atoms with Crippen LogP contribution in [0.1, 0.15) is 0 Å². The van der Waals surface area contributed by atoms with Gasteiger partial charge < -0.3 is 4.42 Å². The molecule has 4 heteroatoms. The van der Waals surface area contributed by atoms with Gasteiger partial charge in [0.25, 0.3) is 0 Å². The van der Waals surface area contributed by atoms with Gasteiger partial charge in [0.2, 0.25) is 0 Å². The van der Waals surface area contributed by atoms with Crippen LogP contribution >= 0.6 is 0 Å². The second-order valence-electron chi connectivity index (χ2n) is 12.8. The van der Waals surface area contributed by atoms with Gasteiger partial charge in [0.05, 0.1) is 0 Å². The molecule has 2 heterocycles. The van der Waals surface area contributed by atoms with Crippen LogP contribution in [0.2, 0.25) is 0 Å². The highest BCUT2D eigenvalue weighted by Gasteiger charge is 2.17. The van der Waals surface area contributed by atoms with E-state index in [0.717, 1.165) is 38.8 Å². The van der Waals surface area contributed by atoms with Gasteiger partial charge in [-0.3, -0.25) is 0 Å². The molecule has 0 atom stereocenters. The van der Waals surface area contributed by atoms with E-state index in [9.17, 15) is 0 Å². The fraction of sp³-hybridized carbons (Fsp3) is 0. The van der Waals surface area contributed by atoms with Crippen molar-refractivity contribution in [2.75, 3.05) is 0 Å². The Labute approximate surface area is 294 Å². The lowest BCUT2D eigenvalue weighted by Crippen LogP contribution is -2.00. The minimum absolute atomic E-state index is 0.493. The van der Waals surface area contributed by atoms with E-state index in [-0.39, 0.29) is 0 Å². The second-order valence-corrected chi connectivity index (χ2v) is 12.8. The maximum Gasteiger partial charge on any atom is 0.199 e. The number of benzene rings is 8. The number of nitrogens with zero attached hydrogens (tertiary/aromatic N) is 3. The number of hydrogen-bond donors (Lipinski definition) is 0. The molecule has 238 valence electrons. The monoisotopic (exact) mass is 651 g/mol. The van der Waals surface area contributed by atoms with E-state index < -0.39 is 0 Å². The number of furan rings is 1. The Bertz CT molecular complexity index is 2880. The van der Waals surface area contributed by atoms with Crippen LogP contribution in [0.25, 0.3) is 99.9 Å². The van der Waals surface area contributed by atoms with Gasteiger partial charge in [-0.15, -0.1) is 0 Å². The normalized spacial score (nSPS) is 11.5. The van der Waals surface area contributed by atoms with Gasteiger partial charge in [-0.1, -0.05) is 152 Å². The van der Waals surface area contributed by atoms with Crippen molar-refractivity contribution >= 4 is 43.3 Å². The molecule has 0 amide bonds. The maximum absolute atomic E-state index is 6.27. The van der Waals surface area contributed by atoms with Gasteiger partial charge in [0, 0.05) is 16.5 Å². The van der Waals surface area contributed by atoms with E-state index >= 15 is 0 Å². The van der Waals surface area contributed by atoms with E-state index in [4.69, 9.17) is 19.4 Å². The zero-order valence-electron chi connectivity index (χ0n) is 27.5. The van der Waals surface area contributed by atoms with Crippen LogP contribution in [0, 0.1) is 0 Å². The molecule has 0 spiro atoms. The number of fused-ring (bicyclic) bond motifs is 5. The summed E-state index contributed by atoms with van der Waals surface area (Å²) in [6.07, 6.45) is 0. The summed E-state index contributed by atoms with van der Waals surface area (Å²) in [4.78, 5) is 15.0. The highest BCUT2D eigenvalue weighted by molar-refractivity contribution is 6.20. The molecular weight excluding hydrogens is 623 g/mol. The SMILES string of the molecule is c1ccc(-c2cccc(-c3nc(-c4ccc(-c5c6ccccc6cc6c5ccc5ccccc56)cc4)nc(-c4cc5ccccc5o4)n3)c2)cc1. The molecule has 0 bridgehead atoms. The van der Waals surface area contributed by atoms with Crippen molar-refractivity contribution in [1.82, 2.24) is 15.0 Å². The zero-order chi connectivity index (χ0) is 33.7. The number of para-hydroxylation sites is 1. The van der Waals surface area contributed by atoms with Gasteiger partial charge >= 0.3 is 0 Å². The Kier molecular flexibility index (Phi) is 6.78. The molecule has 0 saturated heterocycles. The molecule has 0 aliphatic carbocycles. The molecule has 51 heavy (non-hydrogen) atoms. The molecule has 10 rings (SSSR count). The lowest BCUT2D eigenvalue weighted by Gasteiger charge is -2.14. The van der Waals surface area contributed by atoms with Crippen molar-refractivity contribution in [1.29, 1.82) is 0 Å². The van der Waals surface area contributed by atoms with Crippen LogP contribution in [-0.2, 0) is 0 Å². The Morgan fingerprint density at radius 1 is 0.314 bits per heavy atom. The van der Waals surface area contributed by atoms with E-state index in [1.807, 2.05) is 42.5 Å². The van der Waals surface area contributed by atoms with Crippen LogP contribution in [0.15, 0.2) is 180 Å². The van der Waals surface area contributed by atoms with Gasteiger partial charge in [0.1, 0.15) is 5.58 Å². The standard InChI is InChI=1S/C47H29N3O/c1-2-11-30(12-3-1)34-16-10-17-37(27-34)46-48-45(49-47(50-46)43-29-36-15-6-9-20-42(36)51-43)33-23-21-32(22-24-33)44-39-19-8-5-14-35(39)28-41-38-18-7-4-13-31(38)25-26-40(41)44/h1-29H. The first-order valence-corrected chi connectivity index (χ1v) is 17.1. The minimum Gasteiger partial charge on any atom is -0.453 e. The first-order valence-electron chi connectivity index (χ1n) is 17.1. The molecule has 2 aromatic heterocycles. The largest absolute Gasteiger partial charge is 0.453 e. The summed E-state index contributed by atoms with van der Waals surface area (Å²) in [7, 11) is 0. The summed E-state index contributed by atoms with van der Waals surface area (Å²) in [5, 5.41) is 8.42. The Balaban J connectivity index is 1.13. The van der Waals surface area contributed by atoms with E-state index in [0.29, 0.717) is 23.2 Å². The van der Waals surface area contributed by atoms with Gasteiger partial charge in [-0.2, -0.15) is 0 Å². The number of hydrogen-bond acceptors (Lipinski definition) is 4. The first-order chi connectivity index (χ1) is 25.2. The summed E-state index contributed by atoms with van der Waals surface area (Å²) < 4.78 is 6.27. The summed E-state index contributed by atoms with van der Waals surface area (Å²) in [5.74, 6) is 2.27. The van der Waals surface area contributed by atoms with Crippen molar-refractivity contribution in [3.8, 4) is 56.6 Å². The molecule has 0 saturated carbocycles. The van der Waals surface area contributed by atoms with Crippen molar-refractivity contribution in [3.05, 3.63) is 176 Å². The van der Waals surface area contributed by atoms with E-state index in [2.05, 4.69) is 133 Å². The average molecular weight is 652 g/mol. The van der Waals surface area contributed by atoms with Crippen molar-refractivity contribution < 1.29 is 4.42 Å².